The van der Waals surface area contributed by atoms with E-state index in [1.54, 1.807) is 13.2 Å². The summed E-state index contributed by atoms with van der Waals surface area (Å²) in [6.07, 6.45) is 3.08. The summed E-state index contributed by atoms with van der Waals surface area (Å²) in [6.45, 7) is 6.15. The van der Waals surface area contributed by atoms with Crippen LogP contribution in [0.15, 0.2) is 18.2 Å². The zero-order valence-corrected chi connectivity index (χ0v) is 13.6. The number of amides is 1. The molecule has 1 aromatic carbocycles. The van der Waals surface area contributed by atoms with Gasteiger partial charge >= 0.3 is 0 Å². The molecule has 1 aliphatic rings. The second kappa shape index (κ2) is 8.63. The number of ether oxygens (including phenoxy) is 2. The number of hydrogen-bond acceptors (Lipinski definition) is 4. The molecule has 2 rings (SSSR count). The summed E-state index contributed by atoms with van der Waals surface area (Å²) in [4.78, 5) is 14.5. The van der Waals surface area contributed by atoms with Crippen molar-refractivity contribution in [3.05, 3.63) is 23.8 Å². The normalized spacial score (nSPS) is 15.3. The van der Waals surface area contributed by atoms with E-state index in [4.69, 9.17) is 9.47 Å². The van der Waals surface area contributed by atoms with Gasteiger partial charge in [0.2, 0.25) is 0 Å². The van der Waals surface area contributed by atoms with Gasteiger partial charge < -0.3 is 19.7 Å². The summed E-state index contributed by atoms with van der Waals surface area (Å²) >= 11 is 0. The molecule has 0 bridgehead atoms. The minimum atomic E-state index is 0.0575. The topological polar surface area (TPSA) is 50.8 Å². The molecule has 1 aromatic rings. The first-order valence-corrected chi connectivity index (χ1v) is 8.07. The van der Waals surface area contributed by atoms with Crippen molar-refractivity contribution in [1.29, 1.82) is 0 Å². The van der Waals surface area contributed by atoms with Crippen LogP contribution >= 0.6 is 0 Å². The first-order valence-electron chi connectivity index (χ1n) is 8.07. The summed E-state index contributed by atoms with van der Waals surface area (Å²) in [5, 5.41) is 3.31. The first-order chi connectivity index (χ1) is 10.8. The SMILES string of the molecule is CCCCOc1ccc(C(=O)N2CCCNCC2)cc1OC. The van der Waals surface area contributed by atoms with Crippen LogP contribution in [0.25, 0.3) is 0 Å². The molecule has 22 heavy (non-hydrogen) atoms. The highest BCUT2D eigenvalue weighted by atomic mass is 16.5. The average Bonchev–Trinajstić information content (AvgIpc) is 2.84. The minimum Gasteiger partial charge on any atom is -0.493 e. The van der Waals surface area contributed by atoms with E-state index in [2.05, 4.69) is 12.2 Å². The van der Waals surface area contributed by atoms with E-state index in [-0.39, 0.29) is 5.91 Å². The molecule has 5 nitrogen and oxygen atoms in total. The fourth-order valence-corrected chi connectivity index (χ4v) is 2.48. The van der Waals surface area contributed by atoms with Gasteiger partial charge in [-0.05, 0) is 37.6 Å². The molecule has 0 atom stereocenters. The van der Waals surface area contributed by atoms with Gasteiger partial charge in [0.15, 0.2) is 11.5 Å². The quantitative estimate of drug-likeness (QED) is 0.820. The lowest BCUT2D eigenvalue weighted by Gasteiger charge is -2.20. The van der Waals surface area contributed by atoms with Crippen LogP contribution in [0.3, 0.4) is 0 Å². The molecule has 0 radical (unpaired) electrons. The fourth-order valence-electron chi connectivity index (χ4n) is 2.48. The third-order valence-corrected chi connectivity index (χ3v) is 3.79. The monoisotopic (exact) mass is 306 g/mol. The molecule has 0 aliphatic carbocycles. The lowest BCUT2D eigenvalue weighted by Crippen LogP contribution is -2.34. The zero-order chi connectivity index (χ0) is 15.8. The van der Waals surface area contributed by atoms with Gasteiger partial charge in [-0.3, -0.25) is 4.79 Å². The summed E-state index contributed by atoms with van der Waals surface area (Å²) in [5.74, 6) is 1.38. The van der Waals surface area contributed by atoms with Crippen LogP contribution in [0.4, 0.5) is 0 Å². The van der Waals surface area contributed by atoms with Gasteiger partial charge in [-0.15, -0.1) is 0 Å². The summed E-state index contributed by atoms with van der Waals surface area (Å²) in [6, 6.07) is 5.43. The van der Waals surface area contributed by atoms with E-state index in [0.29, 0.717) is 23.7 Å². The molecule has 1 heterocycles. The van der Waals surface area contributed by atoms with Gasteiger partial charge in [0.1, 0.15) is 0 Å². The van der Waals surface area contributed by atoms with Crippen molar-refractivity contribution in [3.63, 3.8) is 0 Å². The van der Waals surface area contributed by atoms with Gasteiger partial charge in [0.25, 0.3) is 5.91 Å². The van der Waals surface area contributed by atoms with Gasteiger partial charge in [0.05, 0.1) is 13.7 Å². The van der Waals surface area contributed by atoms with E-state index >= 15 is 0 Å². The van der Waals surface area contributed by atoms with Crippen LogP contribution in [-0.2, 0) is 0 Å². The maximum atomic E-state index is 12.6. The molecule has 1 N–H and O–H groups in total. The third-order valence-electron chi connectivity index (χ3n) is 3.79. The van der Waals surface area contributed by atoms with E-state index < -0.39 is 0 Å². The lowest BCUT2D eigenvalue weighted by atomic mass is 10.1. The molecule has 0 spiro atoms. The highest BCUT2D eigenvalue weighted by Crippen LogP contribution is 2.28. The van der Waals surface area contributed by atoms with Gasteiger partial charge in [0, 0.05) is 25.2 Å². The van der Waals surface area contributed by atoms with Gasteiger partial charge in [-0.1, -0.05) is 13.3 Å². The van der Waals surface area contributed by atoms with Crippen LogP contribution in [-0.4, -0.2) is 50.7 Å². The lowest BCUT2D eigenvalue weighted by molar-refractivity contribution is 0.0766. The number of unbranched alkanes of at least 4 members (excludes halogenated alkanes) is 1. The molecule has 1 fully saturated rings. The van der Waals surface area contributed by atoms with Crippen LogP contribution in [0.5, 0.6) is 11.5 Å². The Hall–Kier alpha value is -1.75. The van der Waals surface area contributed by atoms with E-state index in [0.717, 1.165) is 45.4 Å². The first kappa shape index (κ1) is 16.6. The number of nitrogens with zero attached hydrogens (tertiary/aromatic N) is 1. The van der Waals surface area contributed by atoms with Crippen molar-refractivity contribution in [2.45, 2.75) is 26.2 Å². The highest BCUT2D eigenvalue weighted by molar-refractivity contribution is 5.95. The average molecular weight is 306 g/mol. The number of benzene rings is 1. The number of carbonyl (C=O) groups is 1. The molecule has 0 aromatic heterocycles. The number of carbonyl (C=O) groups excluding carboxylic acids is 1. The standard InChI is InChI=1S/C17H26N2O3/c1-3-4-12-22-15-7-6-14(13-16(15)21-2)17(20)19-10-5-8-18-9-11-19/h6-7,13,18H,3-5,8-12H2,1-2H3. The molecule has 0 unspecified atom stereocenters. The predicted octanol–water partition coefficient (Wildman–Crippen LogP) is 2.31. The Morgan fingerprint density at radius 1 is 1.27 bits per heavy atom. The number of methoxy groups -OCH3 is 1. The van der Waals surface area contributed by atoms with Crippen molar-refractivity contribution in [2.75, 3.05) is 39.9 Å². The Kier molecular flexibility index (Phi) is 6.52. The smallest absolute Gasteiger partial charge is 0.254 e. The molecule has 122 valence electrons. The van der Waals surface area contributed by atoms with E-state index in [1.807, 2.05) is 17.0 Å². The fraction of sp³-hybridized carbons (Fsp3) is 0.588. The van der Waals surface area contributed by atoms with Gasteiger partial charge in [-0.2, -0.15) is 0 Å². The molecule has 1 aliphatic heterocycles. The van der Waals surface area contributed by atoms with Crippen molar-refractivity contribution in [3.8, 4) is 11.5 Å². The zero-order valence-electron chi connectivity index (χ0n) is 13.6. The van der Waals surface area contributed by atoms with Crippen molar-refractivity contribution in [1.82, 2.24) is 10.2 Å². The second-order valence-electron chi connectivity index (χ2n) is 5.46. The maximum absolute atomic E-state index is 12.6. The number of hydrogen-bond donors (Lipinski definition) is 1. The Labute approximate surface area is 132 Å². The minimum absolute atomic E-state index is 0.0575. The molecule has 1 amide bonds. The molecular weight excluding hydrogens is 280 g/mol. The number of rotatable bonds is 6. The van der Waals surface area contributed by atoms with Crippen LogP contribution in [0.1, 0.15) is 36.5 Å². The van der Waals surface area contributed by atoms with Gasteiger partial charge in [-0.25, -0.2) is 0 Å². The summed E-state index contributed by atoms with van der Waals surface area (Å²) in [7, 11) is 1.60. The Morgan fingerprint density at radius 3 is 2.91 bits per heavy atom. The Bertz CT molecular complexity index is 483. The molecule has 5 heteroatoms. The van der Waals surface area contributed by atoms with Crippen LogP contribution in [0, 0.1) is 0 Å². The Balaban J connectivity index is 2.08. The number of nitrogens with one attached hydrogen (secondary N) is 1. The van der Waals surface area contributed by atoms with Crippen molar-refractivity contribution < 1.29 is 14.3 Å². The molecule has 1 saturated heterocycles. The van der Waals surface area contributed by atoms with E-state index in [9.17, 15) is 4.79 Å². The largest absolute Gasteiger partial charge is 0.493 e. The maximum Gasteiger partial charge on any atom is 0.254 e. The summed E-state index contributed by atoms with van der Waals surface area (Å²) < 4.78 is 11.1. The van der Waals surface area contributed by atoms with Crippen LogP contribution in [0.2, 0.25) is 0 Å². The van der Waals surface area contributed by atoms with Crippen molar-refractivity contribution >= 4 is 5.91 Å². The van der Waals surface area contributed by atoms with Crippen LogP contribution < -0.4 is 14.8 Å². The second-order valence-corrected chi connectivity index (χ2v) is 5.46. The van der Waals surface area contributed by atoms with E-state index in [1.165, 1.54) is 0 Å². The van der Waals surface area contributed by atoms with Crippen molar-refractivity contribution in [2.24, 2.45) is 0 Å². The summed E-state index contributed by atoms with van der Waals surface area (Å²) in [5.41, 5.74) is 0.654. The molecule has 0 saturated carbocycles. The highest BCUT2D eigenvalue weighted by Gasteiger charge is 2.18. The predicted molar refractivity (Wildman–Crippen MR) is 86.8 cm³/mol. The Morgan fingerprint density at radius 2 is 2.14 bits per heavy atom. The third kappa shape index (κ3) is 4.37. The molecular formula is C17H26N2O3.